The first-order valence-electron chi connectivity index (χ1n) is 4.84. The van der Waals surface area contributed by atoms with Gasteiger partial charge in [0.1, 0.15) is 12.0 Å². The largest absolute Gasteiger partial charge is 0.573 e. The maximum absolute atomic E-state index is 12.1. The molecule has 0 aromatic heterocycles. The first kappa shape index (κ1) is 11.0. The summed E-state index contributed by atoms with van der Waals surface area (Å²) < 4.78 is 40.2. The van der Waals surface area contributed by atoms with Crippen LogP contribution in [0, 0.1) is 0 Å². The molecule has 1 aromatic carbocycles. The Morgan fingerprint density at radius 1 is 1.31 bits per heavy atom. The van der Waals surface area contributed by atoms with Gasteiger partial charge in [-0.3, -0.25) is 4.79 Å². The van der Waals surface area contributed by atoms with Crippen molar-refractivity contribution in [1.82, 2.24) is 0 Å². The van der Waals surface area contributed by atoms with Crippen LogP contribution in [0.2, 0.25) is 0 Å². The smallest absolute Gasteiger partial charge is 0.405 e. The molecule has 1 aromatic rings. The van der Waals surface area contributed by atoms with Crippen LogP contribution in [0.25, 0.3) is 0 Å². The lowest BCUT2D eigenvalue weighted by atomic mass is 10.1. The predicted octanol–water partition coefficient (Wildman–Crippen LogP) is 3.28. The number of alkyl halides is 3. The normalized spacial score (nSPS) is 15.9. The molecule has 0 saturated heterocycles. The average molecular weight is 230 g/mol. The fourth-order valence-corrected chi connectivity index (χ4v) is 1.57. The second-order valence-electron chi connectivity index (χ2n) is 3.74. The Hall–Kier alpha value is -1.52. The van der Waals surface area contributed by atoms with Crippen molar-refractivity contribution in [3.8, 4) is 5.75 Å². The Morgan fingerprint density at radius 3 is 2.50 bits per heavy atom. The number of rotatable bonds is 3. The maximum atomic E-state index is 12.1. The fraction of sp³-hybridized carbons (Fsp3) is 0.364. The number of hydrogen-bond acceptors (Lipinski definition) is 2. The monoisotopic (exact) mass is 230 g/mol. The van der Waals surface area contributed by atoms with Crippen LogP contribution in [0.5, 0.6) is 5.75 Å². The predicted molar refractivity (Wildman–Crippen MR) is 50.5 cm³/mol. The number of halogens is 3. The van der Waals surface area contributed by atoms with Crippen LogP contribution < -0.4 is 4.74 Å². The van der Waals surface area contributed by atoms with Gasteiger partial charge in [-0.2, -0.15) is 0 Å². The number of ether oxygens (including phenoxy) is 1. The van der Waals surface area contributed by atoms with E-state index in [0.29, 0.717) is 17.4 Å². The molecule has 0 bridgehead atoms. The fourth-order valence-electron chi connectivity index (χ4n) is 1.57. The standard InChI is InChI=1S/C11H9F3O2/c12-11(13,14)16-10-4-1-7(6-15)5-9(10)8-2-3-8/h1,4-6,8H,2-3H2. The lowest BCUT2D eigenvalue weighted by molar-refractivity contribution is -0.274. The first-order chi connectivity index (χ1) is 7.49. The minimum absolute atomic E-state index is 0.0947. The Kier molecular flexibility index (Phi) is 2.61. The van der Waals surface area contributed by atoms with Crippen LogP contribution in [0.4, 0.5) is 13.2 Å². The van der Waals surface area contributed by atoms with Crippen LogP contribution >= 0.6 is 0 Å². The van der Waals surface area contributed by atoms with E-state index in [0.717, 1.165) is 12.8 Å². The minimum Gasteiger partial charge on any atom is -0.405 e. The van der Waals surface area contributed by atoms with Gasteiger partial charge in [-0.15, -0.1) is 13.2 Å². The quantitative estimate of drug-likeness (QED) is 0.745. The summed E-state index contributed by atoms with van der Waals surface area (Å²) >= 11 is 0. The highest BCUT2D eigenvalue weighted by atomic mass is 19.4. The number of aldehydes is 1. The summed E-state index contributed by atoms with van der Waals surface area (Å²) in [4.78, 5) is 10.5. The summed E-state index contributed by atoms with van der Waals surface area (Å²) in [5.74, 6) is -0.0992. The zero-order chi connectivity index (χ0) is 11.8. The zero-order valence-electron chi connectivity index (χ0n) is 8.25. The molecule has 0 unspecified atom stereocenters. The summed E-state index contributed by atoms with van der Waals surface area (Å²) in [6.07, 6.45) is -2.39. The van der Waals surface area contributed by atoms with E-state index in [9.17, 15) is 18.0 Å². The van der Waals surface area contributed by atoms with Gasteiger partial charge in [0.05, 0.1) is 0 Å². The van der Waals surface area contributed by atoms with Gasteiger partial charge < -0.3 is 4.74 Å². The molecule has 0 atom stereocenters. The van der Waals surface area contributed by atoms with E-state index in [1.165, 1.54) is 18.2 Å². The molecule has 2 nitrogen and oxygen atoms in total. The third-order valence-electron chi connectivity index (χ3n) is 2.41. The summed E-state index contributed by atoms with van der Waals surface area (Å²) in [5.41, 5.74) is 0.846. The van der Waals surface area contributed by atoms with Crippen molar-refractivity contribution in [2.45, 2.75) is 25.1 Å². The second kappa shape index (κ2) is 3.81. The highest BCUT2D eigenvalue weighted by Gasteiger charge is 2.35. The molecular weight excluding hydrogens is 221 g/mol. The van der Waals surface area contributed by atoms with Gasteiger partial charge in [0.15, 0.2) is 0 Å². The molecule has 5 heteroatoms. The molecule has 86 valence electrons. The highest BCUT2D eigenvalue weighted by molar-refractivity contribution is 5.75. The number of benzene rings is 1. The Morgan fingerprint density at radius 2 is 2.00 bits per heavy atom. The molecule has 16 heavy (non-hydrogen) atoms. The third-order valence-corrected chi connectivity index (χ3v) is 2.41. The van der Waals surface area contributed by atoms with Crippen molar-refractivity contribution in [3.63, 3.8) is 0 Å². The molecule has 0 N–H and O–H groups in total. The van der Waals surface area contributed by atoms with E-state index in [-0.39, 0.29) is 11.7 Å². The first-order valence-corrected chi connectivity index (χ1v) is 4.84. The van der Waals surface area contributed by atoms with Crippen LogP contribution in [0.1, 0.15) is 34.7 Å². The van der Waals surface area contributed by atoms with E-state index < -0.39 is 6.36 Å². The lowest BCUT2D eigenvalue weighted by Gasteiger charge is -2.13. The Bertz CT molecular complexity index is 408. The molecule has 0 spiro atoms. The van der Waals surface area contributed by atoms with E-state index in [4.69, 9.17) is 0 Å². The second-order valence-corrected chi connectivity index (χ2v) is 3.74. The number of carbonyl (C=O) groups excluding carboxylic acids is 1. The van der Waals surface area contributed by atoms with Gasteiger partial charge in [-0.25, -0.2) is 0 Å². The molecular formula is C11H9F3O2. The van der Waals surface area contributed by atoms with Crippen LogP contribution in [0.15, 0.2) is 18.2 Å². The summed E-state index contributed by atoms with van der Waals surface area (Å²) in [7, 11) is 0. The summed E-state index contributed by atoms with van der Waals surface area (Å²) in [6.45, 7) is 0. The molecule has 0 heterocycles. The van der Waals surface area contributed by atoms with Gasteiger partial charge in [0, 0.05) is 5.56 Å². The molecule has 1 aliphatic carbocycles. The molecule has 0 radical (unpaired) electrons. The third kappa shape index (κ3) is 2.53. The molecule has 0 aliphatic heterocycles. The minimum atomic E-state index is -4.69. The maximum Gasteiger partial charge on any atom is 0.573 e. The average Bonchev–Trinajstić information content (AvgIpc) is 2.99. The van der Waals surface area contributed by atoms with E-state index in [1.54, 1.807) is 0 Å². The van der Waals surface area contributed by atoms with Gasteiger partial charge in [-0.1, -0.05) is 0 Å². The summed E-state index contributed by atoms with van der Waals surface area (Å²) in [6, 6.07) is 3.98. The van der Waals surface area contributed by atoms with Gasteiger partial charge >= 0.3 is 6.36 Å². The van der Waals surface area contributed by atoms with Crippen molar-refractivity contribution in [1.29, 1.82) is 0 Å². The van der Waals surface area contributed by atoms with Crippen LogP contribution in [-0.4, -0.2) is 12.6 Å². The van der Waals surface area contributed by atoms with E-state index >= 15 is 0 Å². The molecule has 1 aliphatic rings. The molecule has 2 rings (SSSR count). The van der Waals surface area contributed by atoms with Crippen molar-refractivity contribution in [2.75, 3.05) is 0 Å². The van der Waals surface area contributed by atoms with Crippen molar-refractivity contribution >= 4 is 6.29 Å². The van der Waals surface area contributed by atoms with Crippen molar-refractivity contribution < 1.29 is 22.7 Å². The van der Waals surface area contributed by atoms with Crippen LogP contribution in [-0.2, 0) is 0 Å². The SMILES string of the molecule is O=Cc1ccc(OC(F)(F)F)c(C2CC2)c1. The Labute approximate surface area is 90.0 Å². The van der Waals surface area contributed by atoms with Gasteiger partial charge in [0.25, 0.3) is 0 Å². The van der Waals surface area contributed by atoms with E-state index in [1.807, 2.05) is 0 Å². The lowest BCUT2D eigenvalue weighted by Crippen LogP contribution is -2.18. The van der Waals surface area contributed by atoms with Crippen molar-refractivity contribution in [2.24, 2.45) is 0 Å². The summed E-state index contributed by atoms with van der Waals surface area (Å²) in [5, 5.41) is 0. The Balaban J connectivity index is 2.32. The van der Waals surface area contributed by atoms with Crippen LogP contribution in [0.3, 0.4) is 0 Å². The number of hydrogen-bond donors (Lipinski definition) is 0. The van der Waals surface area contributed by atoms with Gasteiger partial charge in [0.2, 0.25) is 0 Å². The van der Waals surface area contributed by atoms with Gasteiger partial charge in [-0.05, 0) is 42.5 Å². The molecule has 1 saturated carbocycles. The highest BCUT2D eigenvalue weighted by Crippen LogP contribution is 2.45. The number of carbonyl (C=O) groups is 1. The van der Waals surface area contributed by atoms with E-state index in [2.05, 4.69) is 4.74 Å². The molecule has 1 fully saturated rings. The topological polar surface area (TPSA) is 26.3 Å². The zero-order valence-corrected chi connectivity index (χ0v) is 8.25. The molecule has 0 amide bonds. The van der Waals surface area contributed by atoms with Crippen molar-refractivity contribution in [3.05, 3.63) is 29.3 Å².